The lowest BCUT2D eigenvalue weighted by Gasteiger charge is -2.09. The van der Waals surface area contributed by atoms with Gasteiger partial charge >= 0.3 is 0 Å². The fraction of sp³-hybridized carbons (Fsp3) is 0.0588. The molecule has 2 N–H and O–H groups in total. The maximum Gasteiger partial charge on any atom is 0.220 e. The number of aryl methyl sites for hydroxylation is 1. The van der Waals surface area contributed by atoms with Crippen molar-refractivity contribution < 1.29 is 0 Å². The van der Waals surface area contributed by atoms with Crippen molar-refractivity contribution in [2.75, 3.05) is 5.73 Å². The van der Waals surface area contributed by atoms with Crippen molar-refractivity contribution in [3.8, 4) is 21.7 Å². The first-order valence-corrected chi connectivity index (χ1v) is 7.98. The van der Waals surface area contributed by atoms with Crippen molar-refractivity contribution in [2.45, 2.75) is 6.92 Å². The summed E-state index contributed by atoms with van der Waals surface area (Å²) in [6.07, 6.45) is 3.36. The molecule has 0 spiro atoms. The molecule has 0 fully saturated rings. The maximum absolute atomic E-state index is 5.79. The van der Waals surface area contributed by atoms with Crippen LogP contribution < -0.4 is 5.73 Å². The first-order valence-electron chi connectivity index (χ1n) is 7.10. The molecule has 0 saturated carbocycles. The average molecular weight is 319 g/mol. The third-order valence-electron chi connectivity index (χ3n) is 3.71. The van der Waals surface area contributed by atoms with Gasteiger partial charge in [-0.2, -0.15) is 0 Å². The molecule has 3 heterocycles. The fourth-order valence-corrected chi connectivity index (χ4v) is 3.29. The van der Waals surface area contributed by atoms with E-state index in [1.165, 1.54) is 0 Å². The zero-order chi connectivity index (χ0) is 15.8. The first-order chi connectivity index (χ1) is 11.2. The number of thiophene rings is 1. The van der Waals surface area contributed by atoms with E-state index in [1.54, 1.807) is 23.9 Å². The Morgan fingerprint density at radius 3 is 2.83 bits per heavy atom. The first kappa shape index (κ1) is 13.8. The number of hydrogen-bond donors (Lipinski definition) is 1. The predicted octanol–water partition coefficient (Wildman–Crippen LogP) is 3.71. The molecule has 0 radical (unpaired) electrons. The monoisotopic (exact) mass is 319 g/mol. The van der Waals surface area contributed by atoms with Crippen molar-refractivity contribution in [2.24, 2.45) is 0 Å². The highest BCUT2D eigenvalue weighted by atomic mass is 32.1. The molecule has 0 aliphatic rings. The minimum atomic E-state index is 0.275. The van der Waals surface area contributed by atoms with Crippen LogP contribution in [0, 0.1) is 6.92 Å². The molecule has 0 saturated heterocycles. The molecule has 0 bridgehead atoms. The number of anilines is 1. The van der Waals surface area contributed by atoms with Gasteiger partial charge in [-0.25, -0.2) is 19.9 Å². The molecule has 4 aromatic rings. The molecule has 0 aliphatic carbocycles. The van der Waals surface area contributed by atoms with Gasteiger partial charge in [-0.05, 0) is 36.1 Å². The SMILES string of the molecule is Cc1ncnc2ccc(-c3cnc(N)nc3-c3cccs3)cc12. The van der Waals surface area contributed by atoms with Crippen LogP contribution in [0.4, 0.5) is 5.95 Å². The van der Waals surface area contributed by atoms with Gasteiger partial charge in [0, 0.05) is 22.8 Å². The van der Waals surface area contributed by atoms with Gasteiger partial charge in [-0.3, -0.25) is 0 Å². The van der Waals surface area contributed by atoms with Gasteiger partial charge < -0.3 is 5.73 Å². The van der Waals surface area contributed by atoms with Gasteiger partial charge in [0.15, 0.2) is 0 Å². The van der Waals surface area contributed by atoms with Gasteiger partial charge in [0.05, 0.1) is 16.1 Å². The van der Waals surface area contributed by atoms with Crippen LogP contribution in [0.5, 0.6) is 0 Å². The molecule has 0 amide bonds. The molecule has 3 aromatic heterocycles. The molecule has 0 unspecified atom stereocenters. The number of rotatable bonds is 2. The number of fused-ring (bicyclic) bond motifs is 1. The minimum absolute atomic E-state index is 0.275. The van der Waals surface area contributed by atoms with Gasteiger partial charge in [0.2, 0.25) is 5.95 Å². The quantitative estimate of drug-likeness (QED) is 0.609. The lowest BCUT2D eigenvalue weighted by atomic mass is 10.0. The zero-order valence-electron chi connectivity index (χ0n) is 12.4. The standard InChI is InChI=1S/C17H13N5S/c1-10-12-7-11(4-5-14(12)21-9-20-10)13-8-19-17(18)22-16(13)15-3-2-6-23-15/h2-9H,1H3,(H2,18,19,22). The van der Waals surface area contributed by atoms with Gasteiger partial charge in [0.1, 0.15) is 6.33 Å². The van der Waals surface area contributed by atoms with E-state index in [0.717, 1.165) is 38.3 Å². The topological polar surface area (TPSA) is 77.6 Å². The maximum atomic E-state index is 5.79. The summed E-state index contributed by atoms with van der Waals surface area (Å²) in [6, 6.07) is 10.1. The Bertz CT molecular complexity index is 995. The van der Waals surface area contributed by atoms with Gasteiger partial charge in [0.25, 0.3) is 0 Å². The lowest BCUT2D eigenvalue weighted by Crippen LogP contribution is -1.98. The van der Waals surface area contributed by atoms with E-state index in [2.05, 4.69) is 26.0 Å². The molecule has 0 aliphatic heterocycles. The second-order valence-electron chi connectivity index (χ2n) is 5.16. The number of nitrogen functional groups attached to an aromatic ring is 1. The third-order valence-corrected chi connectivity index (χ3v) is 4.58. The highest BCUT2D eigenvalue weighted by Crippen LogP contribution is 2.34. The van der Waals surface area contributed by atoms with Crippen LogP contribution in [0.2, 0.25) is 0 Å². The largest absolute Gasteiger partial charge is 0.368 e. The molecule has 5 nitrogen and oxygen atoms in total. The average Bonchev–Trinajstić information content (AvgIpc) is 3.09. The van der Waals surface area contributed by atoms with Crippen molar-refractivity contribution in [1.29, 1.82) is 0 Å². The highest BCUT2D eigenvalue weighted by molar-refractivity contribution is 7.13. The Morgan fingerprint density at radius 1 is 1.09 bits per heavy atom. The van der Waals surface area contributed by atoms with E-state index >= 15 is 0 Å². The summed E-state index contributed by atoms with van der Waals surface area (Å²) in [6.45, 7) is 1.98. The van der Waals surface area contributed by atoms with E-state index in [0.29, 0.717) is 0 Å². The van der Waals surface area contributed by atoms with Crippen molar-refractivity contribution in [1.82, 2.24) is 19.9 Å². The summed E-state index contributed by atoms with van der Waals surface area (Å²) in [5, 5.41) is 3.05. The third kappa shape index (κ3) is 2.43. The molecular weight excluding hydrogens is 306 g/mol. The second-order valence-corrected chi connectivity index (χ2v) is 6.11. The van der Waals surface area contributed by atoms with E-state index in [4.69, 9.17) is 5.73 Å². The Hall–Kier alpha value is -2.86. The predicted molar refractivity (Wildman–Crippen MR) is 93.0 cm³/mol. The van der Waals surface area contributed by atoms with Crippen LogP contribution in [-0.4, -0.2) is 19.9 Å². The Morgan fingerprint density at radius 2 is 2.00 bits per heavy atom. The van der Waals surface area contributed by atoms with E-state index < -0.39 is 0 Å². The summed E-state index contributed by atoms with van der Waals surface area (Å²) in [7, 11) is 0. The molecule has 4 rings (SSSR count). The van der Waals surface area contributed by atoms with E-state index in [-0.39, 0.29) is 5.95 Å². The van der Waals surface area contributed by atoms with Crippen LogP contribution >= 0.6 is 11.3 Å². The molecule has 6 heteroatoms. The Balaban J connectivity index is 1.96. The van der Waals surface area contributed by atoms with Gasteiger partial charge in [-0.1, -0.05) is 12.1 Å². The van der Waals surface area contributed by atoms with Crippen molar-refractivity contribution in [3.63, 3.8) is 0 Å². The molecule has 0 atom stereocenters. The second kappa shape index (κ2) is 5.40. The molecule has 1 aromatic carbocycles. The number of nitrogens with two attached hydrogens (primary N) is 1. The van der Waals surface area contributed by atoms with Crippen LogP contribution in [-0.2, 0) is 0 Å². The van der Waals surface area contributed by atoms with Crippen LogP contribution in [0.3, 0.4) is 0 Å². The minimum Gasteiger partial charge on any atom is -0.368 e. The molecule has 112 valence electrons. The van der Waals surface area contributed by atoms with Crippen molar-refractivity contribution >= 4 is 28.2 Å². The van der Waals surface area contributed by atoms with Crippen LogP contribution in [0.1, 0.15) is 5.69 Å². The number of hydrogen-bond acceptors (Lipinski definition) is 6. The molecule has 23 heavy (non-hydrogen) atoms. The zero-order valence-corrected chi connectivity index (χ0v) is 13.2. The number of aromatic nitrogens is 4. The summed E-state index contributed by atoms with van der Waals surface area (Å²) in [4.78, 5) is 18.2. The summed E-state index contributed by atoms with van der Waals surface area (Å²) < 4.78 is 0. The molecular formula is C17H13N5S. The lowest BCUT2D eigenvalue weighted by molar-refractivity contribution is 1.15. The summed E-state index contributed by atoms with van der Waals surface area (Å²) >= 11 is 1.63. The Labute approximate surface area is 136 Å². The van der Waals surface area contributed by atoms with Crippen LogP contribution in [0.15, 0.2) is 48.2 Å². The Kier molecular flexibility index (Phi) is 3.24. The summed E-state index contributed by atoms with van der Waals surface area (Å²) in [5.74, 6) is 0.275. The normalized spacial score (nSPS) is 11.0. The van der Waals surface area contributed by atoms with Gasteiger partial charge in [-0.15, -0.1) is 11.3 Å². The summed E-state index contributed by atoms with van der Waals surface area (Å²) in [5.41, 5.74) is 10.5. The fourth-order valence-electron chi connectivity index (χ4n) is 2.56. The van der Waals surface area contributed by atoms with E-state index in [9.17, 15) is 0 Å². The highest BCUT2D eigenvalue weighted by Gasteiger charge is 2.13. The van der Waals surface area contributed by atoms with E-state index in [1.807, 2.05) is 36.6 Å². The van der Waals surface area contributed by atoms with Crippen LogP contribution in [0.25, 0.3) is 32.6 Å². The number of nitrogens with zero attached hydrogens (tertiary/aromatic N) is 4. The van der Waals surface area contributed by atoms with Crippen molar-refractivity contribution in [3.05, 3.63) is 53.9 Å². The smallest absolute Gasteiger partial charge is 0.220 e. The number of benzene rings is 1.